The monoisotopic (exact) mass is 197 g/mol. The Labute approximate surface area is 84.1 Å². The summed E-state index contributed by atoms with van der Waals surface area (Å²) in [6.07, 6.45) is 0. The average Bonchev–Trinajstić information content (AvgIpc) is 2.18. The minimum Gasteiger partial charge on any atom is -0.494 e. The standard InChI is InChI=1S/C11H16FNO/c1-3-13-8-9-7-10(12)5-6-11(9)14-4-2/h5-7,13H,3-4,8H2,1-2H3. The molecule has 78 valence electrons. The van der Waals surface area contributed by atoms with Crippen LogP contribution in [0.1, 0.15) is 19.4 Å². The molecule has 0 spiro atoms. The van der Waals surface area contributed by atoms with E-state index in [1.54, 1.807) is 6.07 Å². The first-order chi connectivity index (χ1) is 6.77. The number of halogens is 1. The maximum Gasteiger partial charge on any atom is 0.123 e. The summed E-state index contributed by atoms with van der Waals surface area (Å²) in [6, 6.07) is 4.60. The van der Waals surface area contributed by atoms with Crippen molar-refractivity contribution in [3.8, 4) is 5.75 Å². The Morgan fingerprint density at radius 1 is 1.36 bits per heavy atom. The Hall–Kier alpha value is -1.09. The maximum absolute atomic E-state index is 12.9. The van der Waals surface area contributed by atoms with Gasteiger partial charge in [-0.05, 0) is 31.7 Å². The van der Waals surface area contributed by atoms with E-state index in [0.717, 1.165) is 17.9 Å². The number of hydrogen-bond acceptors (Lipinski definition) is 2. The molecule has 0 aliphatic carbocycles. The summed E-state index contributed by atoms with van der Waals surface area (Å²) in [5.41, 5.74) is 0.869. The first-order valence-electron chi connectivity index (χ1n) is 4.89. The Morgan fingerprint density at radius 3 is 2.79 bits per heavy atom. The topological polar surface area (TPSA) is 21.3 Å². The molecular weight excluding hydrogens is 181 g/mol. The van der Waals surface area contributed by atoms with Gasteiger partial charge in [0.1, 0.15) is 11.6 Å². The first kappa shape index (κ1) is 11.0. The van der Waals surface area contributed by atoms with E-state index in [2.05, 4.69) is 5.32 Å². The summed E-state index contributed by atoms with van der Waals surface area (Å²) < 4.78 is 18.3. The highest BCUT2D eigenvalue weighted by molar-refractivity contribution is 5.33. The van der Waals surface area contributed by atoms with Crippen LogP contribution in [0.5, 0.6) is 5.75 Å². The molecule has 0 aliphatic heterocycles. The first-order valence-corrected chi connectivity index (χ1v) is 4.89. The highest BCUT2D eigenvalue weighted by Crippen LogP contribution is 2.19. The summed E-state index contributed by atoms with van der Waals surface area (Å²) in [6.45, 7) is 6.04. The van der Waals surface area contributed by atoms with Crippen molar-refractivity contribution in [2.45, 2.75) is 20.4 Å². The number of benzene rings is 1. The molecular formula is C11H16FNO. The molecule has 0 atom stereocenters. The molecule has 1 aromatic carbocycles. The Balaban J connectivity index is 2.79. The molecule has 0 heterocycles. The van der Waals surface area contributed by atoms with Gasteiger partial charge in [-0.3, -0.25) is 0 Å². The van der Waals surface area contributed by atoms with Crippen molar-refractivity contribution in [3.63, 3.8) is 0 Å². The SMILES string of the molecule is CCNCc1cc(F)ccc1OCC. The largest absolute Gasteiger partial charge is 0.494 e. The van der Waals surface area contributed by atoms with E-state index >= 15 is 0 Å². The lowest BCUT2D eigenvalue weighted by molar-refractivity contribution is 0.335. The summed E-state index contributed by atoms with van der Waals surface area (Å²) >= 11 is 0. The van der Waals surface area contributed by atoms with Gasteiger partial charge >= 0.3 is 0 Å². The second kappa shape index (κ2) is 5.60. The Kier molecular flexibility index (Phi) is 4.40. The predicted molar refractivity (Wildman–Crippen MR) is 54.9 cm³/mol. The van der Waals surface area contributed by atoms with Crippen LogP contribution >= 0.6 is 0 Å². The van der Waals surface area contributed by atoms with Crippen LogP contribution in [0.15, 0.2) is 18.2 Å². The molecule has 0 unspecified atom stereocenters. The molecule has 14 heavy (non-hydrogen) atoms. The van der Waals surface area contributed by atoms with E-state index < -0.39 is 0 Å². The zero-order valence-electron chi connectivity index (χ0n) is 8.64. The quantitative estimate of drug-likeness (QED) is 0.782. The third-order valence-electron chi connectivity index (χ3n) is 1.89. The lowest BCUT2D eigenvalue weighted by atomic mass is 10.2. The smallest absolute Gasteiger partial charge is 0.123 e. The van der Waals surface area contributed by atoms with Crippen LogP contribution in [0.25, 0.3) is 0 Å². The van der Waals surface area contributed by atoms with E-state index in [1.807, 2.05) is 13.8 Å². The summed E-state index contributed by atoms with van der Waals surface area (Å²) in [5.74, 6) is 0.538. The highest BCUT2D eigenvalue weighted by Gasteiger charge is 2.03. The molecule has 0 saturated heterocycles. The van der Waals surface area contributed by atoms with Gasteiger partial charge in [0.25, 0.3) is 0 Å². The van der Waals surface area contributed by atoms with Gasteiger partial charge in [-0.15, -0.1) is 0 Å². The van der Waals surface area contributed by atoms with Gasteiger partial charge in [0, 0.05) is 12.1 Å². The number of rotatable bonds is 5. The average molecular weight is 197 g/mol. The fraction of sp³-hybridized carbons (Fsp3) is 0.455. The number of ether oxygens (including phenoxy) is 1. The zero-order valence-corrected chi connectivity index (χ0v) is 8.64. The van der Waals surface area contributed by atoms with Crippen molar-refractivity contribution in [2.24, 2.45) is 0 Å². The van der Waals surface area contributed by atoms with Crippen molar-refractivity contribution < 1.29 is 9.13 Å². The molecule has 0 radical (unpaired) electrons. The van der Waals surface area contributed by atoms with E-state index in [0.29, 0.717) is 13.2 Å². The normalized spacial score (nSPS) is 10.2. The van der Waals surface area contributed by atoms with Gasteiger partial charge in [0.2, 0.25) is 0 Å². The van der Waals surface area contributed by atoms with Gasteiger partial charge in [0.15, 0.2) is 0 Å². The lowest BCUT2D eigenvalue weighted by Gasteiger charge is -2.10. The summed E-state index contributed by atoms with van der Waals surface area (Å²) in [5, 5.41) is 3.14. The fourth-order valence-electron chi connectivity index (χ4n) is 1.24. The molecule has 0 amide bonds. The Morgan fingerprint density at radius 2 is 2.14 bits per heavy atom. The van der Waals surface area contributed by atoms with Crippen LogP contribution in [0.2, 0.25) is 0 Å². The van der Waals surface area contributed by atoms with E-state index in [-0.39, 0.29) is 5.82 Å². The highest BCUT2D eigenvalue weighted by atomic mass is 19.1. The van der Waals surface area contributed by atoms with Crippen LogP contribution in [-0.4, -0.2) is 13.2 Å². The molecule has 0 saturated carbocycles. The lowest BCUT2D eigenvalue weighted by Crippen LogP contribution is -2.13. The molecule has 0 aliphatic rings. The van der Waals surface area contributed by atoms with Gasteiger partial charge in [-0.2, -0.15) is 0 Å². The minimum atomic E-state index is -0.221. The van der Waals surface area contributed by atoms with Gasteiger partial charge in [-0.25, -0.2) is 4.39 Å². The van der Waals surface area contributed by atoms with Crippen molar-refractivity contribution in [3.05, 3.63) is 29.6 Å². The Bertz CT molecular complexity index is 289. The second-order valence-electron chi connectivity index (χ2n) is 2.97. The molecule has 1 rings (SSSR count). The molecule has 0 bridgehead atoms. The number of nitrogens with one attached hydrogen (secondary N) is 1. The fourth-order valence-corrected chi connectivity index (χ4v) is 1.24. The van der Waals surface area contributed by atoms with Crippen LogP contribution in [0.4, 0.5) is 4.39 Å². The van der Waals surface area contributed by atoms with Crippen LogP contribution < -0.4 is 10.1 Å². The summed E-state index contributed by atoms with van der Waals surface area (Å²) in [4.78, 5) is 0. The summed E-state index contributed by atoms with van der Waals surface area (Å²) in [7, 11) is 0. The van der Waals surface area contributed by atoms with E-state index in [9.17, 15) is 4.39 Å². The minimum absolute atomic E-state index is 0.221. The van der Waals surface area contributed by atoms with Crippen LogP contribution in [-0.2, 0) is 6.54 Å². The molecule has 2 nitrogen and oxygen atoms in total. The van der Waals surface area contributed by atoms with Gasteiger partial charge in [0.05, 0.1) is 6.61 Å². The van der Waals surface area contributed by atoms with Crippen molar-refractivity contribution in [1.29, 1.82) is 0 Å². The molecule has 3 heteroatoms. The zero-order chi connectivity index (χ0) is 10.4. The van der Waals surface area contributed by atoms with E-state index in [1.165, 1.54) is 12.1 Å². The third-order valence-corrected chi connectivity index (χ3v) is 1.89. The van der Waals surface area contributed by atoms with E-state index in [4.69, 9.17) is 4.74 Å². The third kappa shape index (κ3) is 3.00. The van der Waals surface area contributed by atoms with Crippen molar-refractivity contribution in [1.82, 2.24) is 5.32 Å². The molecule has 0 fully saturated rings. The predicted octanol–water partition coefficient (Wildman–Crippen LogP) is 2.33. The maximum atomic E-state index is 12.9. The van der Waals surface area contributed by atoms with Crippen LogP contribution in [0, 0.1) is 5.82 Å². The second-order valence-corrected chi connectivity index (χ2v) is 2.97. The van der Waals surface area contributed by atoms with Crippen molar-refractivity contribution in [2.75, 3.05) is 13.2 Å². The molecule has 0 aromatic heterocycles. The van der Waals surface area contributed by atoms with Crippen molar-refractivity contribution >= 4 is 0 Å². The van der Waals surface area contributed by atoms with Crippen LogP contribution in [0.3, 0.4) is 0 Å². The van der Waals surface area contributed by atoms with Gasteiger partial charge in [-0.1, -0.05) is 6.92 Å². The van der Waals surface area contributed by atoms with Gasteiger partial charge < -0.3 is 10.1 Å². The molecule has 1 N–H and O–H groups in total. The number of hydrogen-bond donors (Lipinski definition) is 1. The molecule has 1 aromatic rings.